The van der Waals surface area contributed by atoms with E-state index in [9.17, 15) is 19.8 Å². The smallest absolute Gasteiger partial charge is 0.340 e. The van der Waals surface area contributed by atoms with Gasteiger partial charge in [0.15, 0.2) is 0 Å². The summed E-state index contributed by atoms with van der Waals surface area (Å²) in [5.41, 5.74) is 0.176. The normalized spacial score (nSPS) is 10.8. The SMILES string of the molecule is O=C(O)c1c(OCCOc2ccc3ccccc3c2C(=O)O)ccc2ccccc12. The first-order chi connectivity index (χ1) is 14.6. The maximum absolute atomic E-state index is 11.8. The van der Waals surface area contributed by atoms with Crippen LogP contribution in [0.5, 0.6) is 11.5 Å². The van der Waals surface area contributed by atoms with E-state index in [0.29, 0.717) is 10.8 Å². The molecule has 30 heavy (non-hydrogen) atoms. The van der Waals surface area contributed by atoms with Crippen molar-refractivity contribution in [3.05, 3.63) is 83.9 Å². The zero-order valence-electron chi connectivity index (χ0n) is 15.9. The molecule has 0 heterocycles. The minimum absolute atomic E-state index is 0.0600. The molecule has 0 unspecified atom stereocenters. The van der Waals surface area contributed by atoms with Crippen LogP contribution in [-0.2, 0) is 0 Å². The van der Waals surface area contributed by atoms with Gasteiger partial charge in [-0.2, -0.15) is 0 Å². The Kier molecular flexibility index (Phi) is 5.22. The lowest BCUT2D eigenvalue weighted by Gasteiger charge is -2.14. The Hall–Kier alpha value is -4.06. The van der Waals surface area contributed by atoms with Gasteiger partial charge in [-0.1, -0.05) is 60.7 Å². The van der Waals surface area contributed by atoms with Gasteiger partial charge in [0, 0.05) is 0 Å². The third-order valence-corrected chi connectivity index (χ3v) is 4.81. The van der Waals surface area contributed by atoms with Crippen molar-refractivity contribution in [2.24, 2.45) is 0 Å². The van der Waals surface area contributed by atoms with Gasteiger partial charge in [-0.05, 0) is 33.7 Å². The number of aromatic carboxylic acids is 2. The summed E-state index contributed by atoms with van der Waals surface area (Å²) in [6.07, 6.45) is 0. The summed E-state index contributed by atoms with van der Waals surface area (Å²) in [7, 11) is 0. The van der Waals surface area contributed by atoms with E-state index in [0.717, 1.165) is 10.8 Å². The molecule has 0 aromatic heterocycles. The fourth-order valence-corrected chi connectivity index (χ4v) is 3.49. The predicted molar refractivity (Wildman–Crippen MR) is 113 cm³/mol. The fourth-order valence-electron chi connectivity index (χ4n) is 3.49. The summed E-state index contributed by atoms with van der Waals surface area (Å²) < 4.78 is 11.3. The second-order valence-corrected chi connectivity index (χ2v) is 6.63. The van der Waals surface area contributed by atoms with Crippen molar-refractivity contribution in [3.63, 3.8) is 0 Å². The fraction of sp³-hybridized carbons (Fsp3) is 0.0833. The highest BCUT2D eigenvalue weighted by Crippen LogP contribution is 2.29. The van der Waals surface area contributed by atoms with E-state index >= 15 is 0 Å². The van der Waals surface area contributed by atoms with Gasteiger partial charge < -0.3 is 19.7 Å². The molecule has 0 saturated carbocycles. The van der Waals surface area contributed by atoms with E-state index < -0.39 is 11.9 Å². The van der Waals surface area contributed by atoms with Crippen LogP contribution in [0.3, 0.4) is 0 Å². The van der Waals surface area contributed by atoms with Crippen molar-refractivity contribution in [1.82, 2.24) is 0 Å². The number of rotatable bonds is 7. The highest BCUT2D eigenvalue weighted by Gasteiger charge is 2.17. The second kappa shape index (κ2) is 8.13. The lowest BCUT2D eigenvalue weighted by Crippen LogP contribution is -2.13. The summed E-state index contributed by atoms with van der Waals surface area (Å²) in [4.78, 5) is 23.5. The van der Waals surface area contributed by atoms with E-state index in [2.05, 4.69) is 0 Å². The van der Waals surface area contributed by atoms with Crippen LogP contribution in [0.4, 0.5) is 0 Å². The van der Waals surface area contributed by atoms with Gasteiger partial charge in [0.05, 0.1) is 0 Å². The van der Waals surface area contributed by atoms with Gasteiger partial charge in [0.25, 0.3) is 0 Å². The summed E-state index contributed by atoms with van der Waals surface area (Å²) in [5.74, 6) is -1.68. The second-order valence-electron chi connectivity index (χ2n) is 6.63. The van der Waals surface area contributed by atoms with Gasteiger partial charge in [0.2, 0.25) is 0 Å². The average molecular weight is 402 g/mol. The Labute approximate surface area is 171 Å². The molecule has 6 heteroatoms. The van der Waals surface area contributed by atoms with Crippen molar-refractivity contribution >= 4 is 33.5 Å². The number of benzene rings is 4. The third-order valence-electron chi connectivity index (χ3n) is 4.81. The van der Waals surface area contributed by atoms with E-state index in [1.165, 1.54) is 0 Å². The quantitative estimate of drug-likeness (QED) is 0.430. The predicted octanol–water partition coefficient (Wildman–Crippen LogP) is 4.85. The van der Waals surface area contributed by atoms with Crippen LogP contribution in [0.25, 0.3) is 21.5 Å². The molecular weight excluding hydrogens is 384 g/mol. The van der Waals surface area contributed by atoms with Crippen LogP contribution in [0.1, 0.15) is 20.7 Å². The Bertz CT molecular complexity index is 1160. The molecular formula is C24H18O6. The van der Waals surface area contributed by atoms with Gasteiger partial charge in [-0.3, -0.25) is 0 Å². The Morgan fingerprint density at radius 2 is 1.00 bits per heavy atom. The first-order valence-corrected chi connectivity index (χ1v) is 9.32. The minimum atomic E-state index is -1.08. The molecule has 0 aliphatic carbocycles. The highest BCUT2D eigenvalue weighted by molar-refractivity contribution is 6.07. The molecule has 0 atom stereocenters. The molecule has 0 fully saturated rings. The molecule has 0 amide bonds. The lowest BCUT2D eigenvalue weighted by atomic mass is 10.0. The van der Waals surface area contributed by atoms with Gasteiger partial charge in [-0.25, -0.2) is 9.59 Å². The topological polar surface area (TPSA) is 93.1 Å². The van der Waals surface area contributed by atoms with E-state index in [-0.39, 0.29) is 35.8 Å². The molecule has 4 aromatic rings. The molecule has 0 bridgehead atoms. The van der Waals surface area contributed by atoms with Gasteiger partial charge in [-0.15, -0.1) is 0 Å². The number of fused-ring (bicyclic) bond motifs is 2. The van der Waals surface area contributed by atoms with Crippen LogP contribution in [0, 0.1) is 0 Å². The third kappa shape index (κ3) is 3.63. The molecule has 0 saturated heterocycles. The highest BCUT2D eigenvalue weighted by atomic mass is 16.5. The molecule has 150 valence electrons. The van der Waals surface area contributed by atoms with Crippen LogP contribution in [0.2, 0.25) is 0 Å². The zero-order chi connectivity index (χ0) is 21.1. The van der Waals surface area contributed by atoms with E-state index in [4.69, 9.17) is 9.47 Å². The minimum Gasteiger partial charge on any atom is -0.489 e. The van der Waals surface area contributed by atoms with Crippen LogP contribution in [0.15, 0.2) is 72.8 Å². The monoisotopic (exact) mass is 402 g/mol. The van der Waals surface area contributed by atoms with E-state index in [1.807, 2.05) is 24.3 Å². The summed E-state index contributed by atoms with van der Waals surface area (Å²) >= 11 is 0. The maximum atomic E-state index is 11.8. The standard InChI is InChI=1S/C24H18O6/c25-23(26)21-17-7-3-1-5-15(17)9-11-19(21)29-13-14-30-20-12-10-16-6-2-4-8-18(16)22(20)24(27)28/h1-12H,13-14H2,(H,25,26)(H,27,28). The number of hydrogen-bond acceptors (Lipinski definition) is 4. The van der Waals surface area contributed by atoms with Gasteiger partial charge in [0.1, 0.15) is 35.8 Å². The number of carboxylic acid groups (broad SMARTS) is 2. The molecule has 6 nitrogen and oxygen atoms in total. The molecule has 4 rings (SSSR count). The Morgan fingerprint density at radius 3 is 1.40 bits per heavy atom. The summed E-state index contributed by atoms with van der Waals surface area (Å²) in [6, 6.07) is 21.2. The maximum Gasteiger partial charge on any atom is 0.340 e. The summed E-state index contributed by atoms with van der Waals surface area (Å²) in [6.45, 7) is 0.120. The van der Waals surface area contributed by atoms with Crippen molar-refractivity contribution in [2.75, 3.05) is 13.2 Å². The largest absolute Gasteiger partial charge is 0.489 e. The lowest BCUT2D eigenvalue weighted by molar-refractivity contribution is 0.0679. The zero-order valence-corrected chi connectivity index (χ0v) is 15.9. The van der Waals surface area contributed by atoms with E-state index in [1.54, 1.807) is 48.5 Å². The van der Waals surface area contributed by atoms with Gasteiger partial charge >= 0.3 is 11.9 Å². The average Bonchev–Trinajstić information content (AvgIpc) is 2.75. The molecule has 0 aliphatic heterocycles. The number of carbonyl (C=O) groups is 2. The van der Waals surface area contributed by atoms with Crippen molar-refractivity contribution in [1.29, 1.82) is 0 Å². The van der Waals surface area contributed by atoms with Crippen molar-refractivity contribution < 1.29 is 29.3 Å². The molecule has 2 N–H and O–H groups in total. The number of carboxylic acids is 2. The van der Waals surface area contributed by atoms with Crippen molar-refractivity contribution in [2.45, 2.75) is 0 Å². The number of ether oxygens (including phenoxy) is 2. The van der Waals surface area contributed by atoms with Crippen LogP contribution < -0.4 is 9.47 Å². The van der Waals surface area contributed by atoms with Crippen LogP contribution in [-0.4, -0.2) is 35.4 Å². The number of hydrogen-bond donors (Lipinski definition) is 2. The first kappa shape index (κ1) is 19.3. The molecule has 0 aliphatic rings. The molecule has 0 spiro atoms. The first-order valence-electron chi connectivity index (χ1n) is 9.32. The summed E-state index contributed by atoms with van der Waals surface area (Å²) in [5, 5.41) is 22.0. The Balaban J connectivity index is 1.52. The molecule has 0 radical (unpaired) electrons. The Morgan fingerprint density at radius 1 is 0.600 bits per heavy atom. The molecule has 4 aromatic carbocycles. The van der Waals surface area contributed by atoms with Crippen molar-refractivity contribution in [3.8, 4) is 11.5 Å². The van der Waals surface area contributed by atoms with Crippen LogP contribution >= 0.6 is 0 Å².